The highest BCUT2D eigenvalue weighted by Gasteiger charge is 2.36. The van der Waals surface area contributed by atoms with Gasteiger partial charge in [0.25, 0.3) is 0 Å². The quantitative estimate of drug-likeness (QED) is 0.288. The molecule has 0 saturated carbocycles. The maximum absolute atomic E-state index is 14.0. The van der Waals surface area contributed by atoms with Crippen molar-refractivity contribution >= 4 is 44.6 Å². The molecule has 0 aliphatic carbocycles. The van der Waals surface area contributed by atoms with Crippen molar-refractivity contribution in [3.63, 3.8) is 0 Å². The lowest BCUT2D eigenvalue weighted by molar-refractivity contribution is -0.137. The molecule has 3 aliphatic heterocycles. The number of piperazine rings is 1. The van der Waals surface area contributed by atoms with E-state index in [1.54, 1.807) is 14.4 Å². The number of benzene rings is 2. The van der Waals surface area contributed by atoms with Crippen LogP contribution in [0.25, 0.3) is 11.0 Å². The smallest absolute Gasteiger partial charge is 0.397 e. The molecule has 0 radical (unpaired) electrons. The van der Waals surface area contributed by atoms with Crippen LogP contribution in [0.5, 0.6) is 0 Å². The van der Waals surface area contributed by atoms with E-state index in [4.69, 9.17) is 5.73 Å². The number of carbonyl (C=O) groups excluding carboxylic acids is 2. The molecule has 11 nitrogen and oxygen atoms in total. The molecule has 2 aromatic carbocycles. The lowest BCUT2D eigenvalue weighted by atomic mass is 10.00. The van der Waals surface area contributed by atoms with Gasteiger partial charge in [-0.3, -0.25) is 14.3 Å². The molecule has 15 heteroatoms. The number of aromatic nitrogens is 2. The molecule has 3 saturated heterocycles. The van der Waals surface area contributed by atoms with Crippen LogP contribution in [0.3, 0.4) is 0 Å². The number of halogens is 4. The third-order valence-electron chi connectivity index (χ3n) is 9.72. The molecule has 5 N–H and O–H groups in total. The molecular formula is C32H40BrF3N8O3. The number of nitrogen functional groups attached to an aromatic ring is 1. The van der Waals surface area contributed by atoms with Crippen molar-refractivity contribution in [1.29, 1.82) is 0 Å². The van der Waals surface area contributed by atoms with E-state index in [9.17, 15) is 27.6 Å². The zero-order valence-corrected chi connectivity index (χ0v) is 27.6. The number of nitrogens with one attached hydrogen (secondary N) is 3. The van der Waals surface area contributed by atoms with E-state index >= 15 is 0 Å². The molecule has 1 aromatic heterocycles. The number of nitrogens with zero attached hydrogens (tertiary/aromatic N) is 4. The average Bonchev–Trinajstić information content (AvgIpc) is 3.41. The monoisotopic (exact) mass is 720 g/mol. The SMILES string of the molecule is Nc1c(Br)cc(C[C@@H](NC(=O)N2CCC(n3c(=O)[nH]c4ccccc43)CC2)C(=O)N2CCN(C3CCNCC3)CC2)cc1C(F)(F)F. The van der Waals surface area contributed by atoms with Crippen LogP contribution in [-0.4, -0.2) is 101 Å². The fourth-order valence-electron chi connectivity index (χ4n) is 7.17. The van der Waals surface area contributed by atoms with Gasteiger partial charge >= 0.3 is 17.9 Å². The summed E-state index contributed by atoms with van der Waals surface area (Å²) in [5, 5.41) is 6.23. The van der Waals surface area contributed by atoms with E-state index in [-0.39, 0.29) is 34.1 Å². The summed E-state index contributed by atoms with van der Waals surface area (Å²) in [5.74, 6) is -0.329. The van der Waals surface area contributed by atoms with Crippen molar-refractivity contribution in [2.24, 2.45) is 0 Å². The van der Waals surface area contributed by atoms with Gasteiger partial charge in [0.1, 0.15) is 6.04 Å². The summed E-state index contributed by atoms with van der Waals surface area (Å²) in [7, 11) is 0. The molecular weight excluding hydrogens is 681 g/mol. The minimum Gasteiger partial charge on any atom is -0.397 e. The summed E-state index contributed by atoms with van der Waals surface area (Å²) in [6, 6.07) is 8.68. The number of fused-ring (bicyclic) bond motifs is 1. The zero-order valence-electron chi connectivity index (χ0n) is 26.0. The van der Waals surface area contributed by atoms with Gasteiger partial charge in [0.05, 0.1) is 22.3 Å². The summed E-state index contributed by atoms with van der Waals surface area (Å²) in [4.78, 5) is 48.9. The molecule has 47 heavy (non-hydrogen) atoms. The Bertz CT molecular complexity index is 1660. The number of rotatable bonds is 6. The summed E-state index contributed by atoms with van der Waals surface area (Å²) >= 11 is 3.14. The fraction of sp³-hybridized carbons (Fsp3) is 0.531. The molecule has 3 aliphatic rings. The summed E-state index contributed by atoms with van der Waals surface area (Å²) < 4.78 is 43.2. The van der Waals surface area contributed by atoms with E-state index in [1.807, 2.05) is 24.3 Å². The van der Waals surface area contributed by atoms with Crippen molar-refractivity contribution in [2.75, 3.05) is 58.1 Å². The van der Waals surface area contributed by atoms with Crippen LogP contribution in [0.15, 0.2) is 45.7 Å². The standard InChI is InChI=1S/C32H40BrF3N8O3/c33-24-18-20(17-23(28(24)37)32(34,35)36)19-26(29(45)42-15-13-41(14-16-42)21-5-9-38-10-6-21)40-30(46)43-11-7-22(8-12-43)44-27-4-2-1-3-25(27)39-31(44)47/h1-4,17-18,21-22,26,38H,5-16,19,37H2,(H,39,47)(H,40,46)/t26-/m1/s1. The number of H-pyrrole nitrogens is 1. The number of aromatic amines is 1. The number of hydrogen-bond acceptors (Lipinski definition) is 6. The number of likely N-dealkylation sites (tertiary alicyclic amines) is 1. The fourth-order valence-corrected chi connectivity index (χ4v) is 7.67. The van der Waals surface area contributed by atoms with Crippen molar-refractivity contribution in [3.8, 4) is 0 Å². The molecule has 254 valence electrons. The Labute approximate surface area is 278 Å². The topological polar surface area (TPSA) is 132 Å². The van der Waals surface area contributed by atoms with Gasteiger partial charge in [-0.15, -0.1) is 0 Å². The Kier molecular flexibility index (Phi) is 9.85. The van der Waals surface area contributed by atoms with Crippen molar-refractivity contribution in [3.05, 3.63) is 62.5 Å². The first kappa shape index (κ1) is 33.3. The van der Waals surface area contributed by atoms with E-state index in [1.165, 1.54) is 6.07 Å². The Hall–Kier alpha value is -3.56. The minimum atomic E-state index is -4.69. The molecule has 3 fully saturated rings. The van der Waals surface area contributed by atoms with Gasteiger partial charge in [-0.05, 0) is 84.5 Å². The number of amides is 3. The van der Waals surface area contributed by atoms with Crippen LogP contribution >= 0.6 is 15.9 Å². The van der Waals surface area contributed by atoms with Crippen LogP contribution in [0, 0.1) is 0 Å². The molecule has 3 aromatic rings. The molecule has 3 amide bonds. The summed E-state index contributed by atoms with van der Waals surface area (Å²) in [5.41, 5.74) is 5.88. The molecule has 0 spiro atoms. The second-order valence-electron chi connectivity index (χ2n) is 12.6. The number of nitrogens with two attached hydrogens (primary N) is 1. The number of carbonyl (C=O) groups is 2. The first-order chi connectivity index (χ1) is 22.5. The number of anilines is 1. The average molecular weight is 722 g/mol. The second-order valence-corrected chi connectivity index (χ2v) is 13.5. The molecule has 0 bridgehead atoms. The lowest BCUT2D eigenvalue weighted by Crippen LogP contribution is -2.59. The maximum atomic E-state index is 14.0. The van der Waals surface area contributed by atoms with Crippen LogP contribution in [0.2, 0.25) is 0 Å². The Balaban J connectivity index is 1.16. The van der Waals surface area contributed by atoms with E-state index < -0.39 is 29.5 Å². The minimum absolute atomic E-state index is 0.0741. The number of hydrogen-bond donors (Lipinski definition) is 4. The van der Waals surface area contributed by atoms with Crippen molar-refractivity contribution in [2.45, 2.75) is 56.4 Å². The van der Waals surface area contributed by atoms with E-state index in [0.717, 1.165) is 43.0 Å². The van der Waals surface area contributed by atoms with Gasteiger partial charge in [0, 0.05) is 62.2 Å². The third-order valence-corrected chi connectivity index (χ3v) is 10.4. The number of piperidine rings is 2. The highest BCUT2D eigenvalue weighted by molar-refractivity contribution is 9.10. The van der Waals surface area contributed by atoms with Crippen molar-refractivity contribution < 1.29 is 22.8 Å². The molecule has 6 rings (SSSR count). The van der Waals surface area contributed by atoms with Gasteiger partial charge in [0.15, 0.2) is 0 Å². The normalized spacial score (nSPS) is 19.7. The van der Waals surface area contributed by atoms with Gasteiger partial charge < -0.3 is 31.2 Å². The Morgan fingerprint density at radius 1 is 0.957 bits per heavy atom. The van der Waals surface area contributed by atoms with E-state index in [0.29, 0.717) is 58.2 Å². The Morgan fingerprint density at radius 2 is 1.64 bits per heavy atom. The number of para-hydroxylation sites is 2. The molecule has 1 atom stereocenters. The first-order valence-electron chi connectivity index (χ1n) is 16.1. The predicted octanol–water partition coefficient (Wildman–Crippen LogP) is 3.55. The lowest BCUT2D eigenvalue weighted by Gasteiger charge is -2.42. The van der Waals surface area contributed by atoms with Gasteiger partial charge in [0.2, 0.25) is 5.91 Å². The van der Waals surface area contributed by atoms with E-state index in [2.05, 4.69) is 36.4 Å². The largest absolute Gasteiger partial charge is 0.418 e. The highest BCUT2D eigenvalue weighted by atomic mass is 79.9. The second kappa shape index (κ2) is 13.9. The first-order valence-corrected chi connectivity index (χ1v) is 16.9. The van der Waals surface area contributed by atoms with Crippen molar-refractivity contribution in [1.82, 2.24) is 34.9 Å². The predicted molar refractivity (Wildman–Crippen MR) is 176 cm³/mol. The zero-order chi connectivity index (χ0) is 33.3. The van der Waals surface area contributed by atoms with Gasteiger partial charge in [-0.2, -0.15) is 13.2 Å². The number of imidazole rings is 1. The third kappa shape index (κ3) is 7.31. The van der Waals surface area contributed by atoms with Crippen LogP contribution in [0.4, 0.5) is 23.7 Å². The Morgan fingerprint density at radius 3 is 2.32 bits per heavy atom. The molecule has 4 heterocycles. The highest BCUT2D eigenvalue weighted by Crippen LogP contribution is 2.38. The molecule has 0 unspecified atom stereocenters. The number of urea groups is 1. The number of alkyl halides is 3. The summed E-state index contributed by atoms with van der Waals surface area (Å²) in [6.45, 7) is 4.97. The van der Waals surface area contributed by atoms with Gasteiger partial charge in [-0.25, -0.2) is 9.59 Å². The summed E-state index contributed by atoms with van der Waals surface area (Å²) in [6.07, 6.45) is -1.66. The van der Waals surface area contributed by atoms with Gasteiger partial charge in [-0.1, -0.05) is 12.1 Å². The maximum Gasteiger partial charge on any atom is 0.418 e. The van der Waals surface area contributed by atoms with Crippen LogP contribution in [0.1, 0.15) is 42.9 Å². The van der Waals surface area contributed by atoms with Crippen LogP contribution < -0.4 is 22.1 Å². The van der Waals surface area contributed by atoms with Crippen LogP contribution in [-0.2, 0) is 17.4 Å².